The molecule has 1 heterocycles. The topological polar surface area (TPSA) is 74.3 Å². The molecule has 0 fully saturated rings. The van der Waals surface area contributed by atoms with Crippen molar-refractivity contribution in [3.8, 4) is 5.75 Å². The number of Topliss-reactive ketones (excluding diaryl/α,β-unsaturated/α-hetero) is 1. The highest BCUT2D eigenvalue weighted by atomic mass is 35.5. The fourth-order valence-corrected chi connectivity index (χ4v) is 3.34. The van der Waals surface area contributed by atoms with Crippen molar-refractivity contribution in [1.29, 1.82) is 0 Å². The number of ether oxygens (including phenoxy) is 1. The Morgan fingerprint density at radius 1 is 1.17 bits per heavy atom. The first-order chi connectivity index (χ1) is 13.4. The fraction of sp³-hybridized carbons (Fsp3) is 0.348. The number of carbonyl (C=O) groups excluding carboxylic acids is 1. The molecule has 0 amide bonds. The molecule has 29 heavy (non-hydrogen) atoms. The molecule has 0 aliphatic heterocycles. The van der Waals surface area contributed by atoms with Gasteiger partial charge in [0.15, 0.2) is 5.78 Å². The second-order valence-corrected chi connectivity index (χ2v) is 7.82. The average molecular weight is 417 g/mol. The molecule has 0 saturated heterocycles. The van der Waals surface area contributed by atoms with Crippen LogP contribution in [0, 0.1) is 0 Å². The number of rotatable bonds is 9. The van der Waals surface area contributed by atoms with E-state index in [4.69, 9.17) is 4.74 Å². The maximum Gasteiger partial charge on any atom is 0.163 e. The summed E-state index contributed by atoms with van der Waals surface area (Å²) in [5, 5.41) is 15.0. The predicted octanol–water partition coefficient (Wildman–Crippen LogP) is 4.14. The Labute approximate surface area is 177 Å². The van der Waals surface area contributed by atoms with Crippen molar-refractivity contribution in [3.05, 3.63) is 65.9 Å². The number of β-amino-alcohol motifs (C(OH)–C–C–N with tert-alkyl or cyclic N) is 1. The molecule has 0 aliphatic rings. The zero-order valence-corrected chi connectivity index (χ0v) is 17.9. The smallest absolute Gasteiger partial charge is 0.163 e. The van der Waals surface area contributed by atoms with Crippen molar-refractivity contribution in [2.24, 2.45) is 0 Å². The highest BCUT2D eigenvalue weighted by Gasteiger charge is 2.21. The molecule has 0 spiro atoms. The number of para-hydroxylation sites is 2. The predicted molar refractivity (Wildman–Crippen MR) is 119 cm³/mol. The van der Waals surface area contributed by atoms with Crippen LogP contribution in [0.3, 0.4) is 0 Å². The number of aromatic amines is 1. The van der Waals surface area contributed by atoms with Crippen LogP contribution in [0.2, 0.25) is 0 Å². The number of fused-ring (bicyclic) bond motifs is 1. The van der Waals surface area contributed by atoms with Crippen LogP contribution in [0.4, 0.5) is 0 Å². The lowest BCUT2D eigenvalue weighted by atomic mass is 9.94. The van der Waals surface area contributed by atoms with E-state index in [-0.39, 0.29) is 30.3 Å². The fourth-order valence-electron chi connectivity index (χ4n) is 3.34. The van der Waals surface area contributed by atoms with Gasteiger partial charge in [-0.3, -0.25) is 4.79 Å². The third-order valence-corrected chi connectivity index (χ3v) is 4.82. The number of H-pyrrole nitrogens is 1. The number of aliphatic hydroxyl groups is 1. The summed E-state index contributed by atoms with van der Waals surface area (Å²) in [6, 6.07) is 15.3. The van der Waals surface area contributed by atoms with Crippen molar-refractivity contribution in [1.82, 2.24) is 10.3 Å². The van der Waals surface area contributed by atoms with Crippen molar-refractivity contribution in [2.45, 2.75) is 38.8 Å². The minimum Gasteiger partial charge on any atom is -0.490 e. The van der Waals surface area contributed by atoms with Gasteiger partial charge in [-0.25, -0.2) is 0 Å². The molecule has 1 unspecified atom stereocenters. The summed E-state index contributed by atoms with van der Waals surface area (Å²) < 4.78 is 5.67. The Morgan fingerprint density at radius 3 is 2.62 bits per heavy atom. The quantitative estimate of drug-likeness (QED) is 0.458. The number of hydrogen-bond donors (Lipinski definition) is 3. The van der Waals surface area contributed by atoms with Gasteiger partial charge in [0, 0.05) is 29.2 Å². The lowest BCUT2D eigenvalue weighted by Crippen LogP contribution is -2.46. The molecule has 156 valence electrons. The standard InChI is InChI=1S/C23H28N2O3.ClH/c1-16(26)19-8-5-7-11-22(19)28-15-18(27)14-25-23(2,3)12-17-13-24-21-10-6-4-9-20(17)21;/h4-11,13,18,24-25,27H,12,14-15H2,1-3H3;1H. The van der Waals surface area contributed by atoms with Crippen LogP contribution in [-0.2, 0) is 6.42 Å². The molecule has 3 N–H and O–H groups in total. The number of hydrogen-bond acceptors (Lipinski definition) is 4. The Hall–Kier alpha value is -2.34. The van der Waals surface area contributed by atoms with Gasteiger partial charge in [0.25, 0.3) is 0 Å². The van der Waals surface area contributed by atoms with E-state index in [1.54, 1.807) is 18.2 Å². The second-order valence-electron chi connectivity index (χ2n) is 7.82. The van der Waals surface area contributed by atoms with Gasteiger partial charge in [-0.15, -0.1) is 12.4 Å². The van der Waals surface area contributed by atoms with E-state index in [1.165, 1.54) is 17.9 Å². The van der Waals surface area contributed by atoms with Crippen molar-refractivity contribution >= 4 is 29.1 Å². The minimum absolute atomic E-state index is 0. The molecule has 1 atom stereocenters. The molecule has 6 heteroatoms. The van der Waals surface area contributed by atoms with Gasteiger partial charge in [0.1, 0.15) is 18.5 Å². The summed E-state index contributed by atoms with van der Waals surface area (Å²) in [7, 11) is 0. The molecule has 5 nitrogen and oxygen atoms in total. The molecule has 0 saturated carbocycles. The largest absolute Gasteiger partial charge is 0.490 e. The lowest BCUT2D eigenvalue weighted by molar-refractivity contribution is 0.0943. The Kier molecular flexibility index (Phi) is 7.85. The monoisotopic (exact) mass is 416 g/mol. The number of aliphatic hydroxyl groups excluding tert-OH is 1. The van der Waals surface area contributed by atoms with Crippen LogP contribution < -0.4 is 10.1 Å². The molecule has 0 bridgehead atoms. The second kappa shape index (κ2) is 9.92. The van der Waals surface area contributed by atoms with Gasteiger partial charge in [-0.05, 0) is 51.0 Å². The van der Waals surface area contributed by atoms with Gasteiger partial charge in [-0.1, -0.05) is 30.3 Å². The molecular weight excluding hydrogens is 388 g/mol. The van der Waals surface area contributed by atoms with E-state index < -0.39 is 6.10 Å². The van der Waals surface area contributed by atoms with Crippen LogP contribution in [0.15, 0.2) is 54.7 Å². The van der Waals surface area contributed by atoms with Gasteiger partial charge >= 0.3 is 0 Å². The van der Waals surface area contributed by atoms with Crippen LogP contribution in [0.5, 0.6) is 5.75 Å². The third-order valence-electron chi connectivity index (χ3n) is 4.82. The van der Waals surface area contributed by atoms with E-state index in [9.17, 15) is 9.90 Å². The Bertz CT molecular complexity index is 952. The summed E-state index contributed by atoms with van der Waals surface area (Å²) in [6.07, 6.45) is 2.20. The molecule has 3 rings (SSSR count). The third kappa shape index (κ3) is 6.07. The number of carbonyl (C=O) groups is 1. The summed E-state index contributed by atoms with van der Waals surface area (Å²) in [6.45, 7) is 6.27. The number of benzene rings is 2. The lowest BCUT2D eigenvalue weighted by Gasteiger charge is -2.28. The first-order valence-corrected chi connectivity index (χ1v) is 9.56. The zero-order valence-electron chi connectivity index (χ0n) is 17.1. The molecule has 1 aromatic heterocycles. The summed E-state index contributed by atoms with van der Waals surface area (Å²) in [5.74, 6) is 0.454. The maximum absolute atomic E-state index is 11.7. The number of ketones is 1. The maximum atomic E-state index is 11.7. The Balaban J connectivity index is 0.00000300. The number of nitrogens with one attached hydrogen (secondary N) is 2. The zero-order chi connectivity index (χ0) is 20.1. The van der Waals surface area contributed by atoms with Crippen LogP contribution in [0.25, 0.3) is 10.9 Å². The average Bonchev–Trinajstić information content (AvgIpc) is 3.07. The number of halogens is 1. The first-order valence-electron chi connectivity index (χ1n) is 9.56. The van der Waals surface area contributed by atoms with Crippen LogP contribution in [0.1, 0.15) is 36.7 Å². The molecule has 0 aliphatic carbocycles. The summed E-state index contributed by atoms with van der Waals surface area (Å²) in [5.41, 5.74) is 2.71. The SMILES string of the molecule is CC(=O)c1ccccc1OCC(O)CNC(C)(C)Cc1c[nH]c2ccccc12.Cl. The van der Waals surface area contributed by atoms with E-state index in [0.717, 1.165) is 11.9 Å². The van der Waals surface area contributed by atoms with E-state index in [2.05, 4.69) is 36.3 Å². The van der Waals surface area contributed by atoms with E-state index in [1.807, 2.05) is 24.4 Å². The van der Waals surface area contributed by atoms with Crippen molar-refractivity contribution in [3.63, 3.8) is 0 Å². The van der Waals surface area contributed by atoms with Crippen molar-refractivity contribution < 1.29 is 14.6 Å². The normalized spacial score (nSPS) is 12.4. The van der Waals surface area contributed by atoms with Gasteiger partial charge in [0.2, 0.25) is 0 Å². The van der Waals surface area contributed by atoms with Gasteiger partial charge in [-0.2, -0.15) is 0 Å². The highest BCUT2D eigenvalue weighted by Crippen LogP contribution is 2.22. The Morgan fingerprint density at radius 2 is 1.86 bits per heavy atom. The molecule has 3 aromatic rings. The number of aromatic nitrogens is 1. The first kappa shape index (κ1) is 22.9. The summed E-state index contributed by atoms with van der Waals surface area (Å²) >= 11 is 0. The highest BCUT2D eigenvalue weighted by molar-refractivity contribution is 5.96. The molecular formula is C23H29ClN2O3. The molecule has 2 aromatic carbocycles. The van der Waals surface area contributed by atoms with Gasteiger partial charge in [0.05, 0.1) is 5.56 Å². The van der Waals surface area contributed by atoms with Crippen molar-refractivity contribution in [2.75, 3.05) is 13.2 Å². The van der Waals surface area contributed by atoms with E-state index >= 15 is 0 Å². The van der Waals surface area contributed by atoms with Gasteiger partial charge < -0.3 is 20.1 Å². The van der Waals surface area contributed by atoms with E-state index in [0.29, 0.717) is 17.9 Å². The van der Waals surface area contributed by atoms with Crippen LogP contribution >= 0.6 is 12.4 Å². The molecule has 0 radical (unpaired) electrons. The minimum atomic E-state index is -0.678. The summed E-state index contributed by atoms with van der Waals surface area (Å²) in [4.78, 5) is 15.0. The van der Waals surface area contributed by atoms with Crippen LogP contribution in [-0.4, -0.2) is 40.7 Å².